The highest BCUT2D eigenvalue weighted by Crippen LogP contribution is 2.24. The molecule has 0 atom stereocenters. The molecular weight excluding hydrogens is 184 g/mol. The third-order valence-electron chi connectivity index (χ3n) is 3.62. The molecule has 0 amide bonds. The third kappa shape index (κ3) is 2.25. The summed E-state index contributed by atoms with van der Waals surface area (Å²) in [5.41, 5.74) is 1.41. The van der Waals surface area contributed by atoms with Gasteiger partial charge in [0.25, 0.3) is 0 Å². The second-order valence-corrected chi connectivity index (χ2v) is 4.48. The molecule has 0 unspecified atom stereocenters. The molecular formula is C13H22N2. The fourth-order valence-corrected chi connectivity index (χ4v) is 2.75. The molecule has 3 aliphatic heterocycles. The van der Waals surface area contributed by atoms with Crippen LogP contribution in [-0.4, -0.2) is 42.0 Å². The zero-order valence-corrected chi connectivity index (χ0v) is 9.95. The van der Waals surface area contributed by atoms with Crippen molar-refractivity contribution in [3.8, 4) is 0 Å². The number of piperidine rings is 1. The molecule has 3 fully saturated rings. The minimum Gasteiger partial charge on any atom is -0.367 e. The zero-order valence-electron chi connectivity index (χ0n) is 9.95. The van der Waals surface area contributed by atoms with Gasteiger partial charge in [0, 0.05) is 37.9 Å². The van der Waals surface area contributed by atoms with Crippen LogP contribution in [0.1, 0.15) is 26.7 Å². The Kier molecular flexibility index (Phi) is 3.47. The molecule has 84 valence electrons. The number of hydrogen-bond acceptors (Lipinski definition) is 2. The van der Waals surface area contributed by atoms with E-state index in [2.05, 4.69) is 41.9 Å². The highest BCUT2D eigenvalue weighted by atomic mass is 15.3. The molecule has 0 saturated carbocycles. The van der Waals surface area contributed by atoms with Crippen LogP contribution in [0.25, 0.3) is 0 Å². The first kappa shape index (κ1) is 10.7. The molecule has 2 bridgehead atoms. The molecule has 0 spiro atoms. The summed E-state index contributed by atoms with van der Waals surface area (Å²) < 4.78 is 0. The Hall–Kier alpha value is -0.760. The minimum absolute atomic E-state index is 0.783. The molecule has 0 radical (unpaired) electrons. The van der Waals surface area contributed by atoms with E-state index in [4.69, 9.17) is 0 Å². The monoisotopic (exact) mass is 206 g/mol. The summed E-state index contributed by atoms with van der Waals surface area (Å²) in [6.45, 7) is 9.29. The van der Waals surface area contributed by atoms with Crippen molar-refractivity contribution in [3.63, 3.8) is 0 Å². The van der Waals surface area contributed by atoms with Crippen LogP contribution in [0.4, 0.5) is 0 Å². The first-order valence-corrected chi connectivity index (χ1v) is 6.13. The summed E-state index contributed by atoms with van der Waals surface area (Å²) >= 11 is 0. The molecule has 3 rings (SSSR count). The van der Waals surface area contributed by atoms with Gasteiger partial charge in [-0.3, -0.25) is 0 Å². The Labute approximate surface area is 93.2 Å². The van der Waals surface area contributed by atoms with Crippen molar-refractivity contribution >= 4 is 0 Å². The fourth-order valence-electron chi connectivity index (χ4n) is 2.75. The Balaban J connectivity index is 2.13. The van der Waals surface area contributed by atoms with Gasteiger partial charge in [0.2, 0.25) is 0 Å². The van der Waals surface area contributed by atoms with Gasteiger partial charge in [-0.15, -0.1) is 0 Å². The summed E-state index contributed by atoms with van der Waals surface area (Å²) in [6, 6.07) is 0.783. The van der Waals surface area contributed by atoms with Gasteiger partial charge >= 0.3 is 0 Å². The van der Waals surface area contributed by atoms with Gasteiger partial charge in [0.15, 0.2) is 0 Å². The van der Waals surface area contributed by atoms with Gasteiger partial charge in [-0.1, -0.05) is 12.2 Å². The van der Waals surface area contributed by atoms with Crippen LogP contribution in [0.15, 0.2) is 23.9 Å². The van der Waals surface area contributed by atoms with Crippen molar-refractivity contribution < 1.29 is 0 Å². The van der Waals surface area contributed by atoms with Gasteiger partial charge < -0.3 is 9.80 Å². The molecule has 3 saturated heterocycles. The van der Waals surface area contributed by atoms with Gasteiger partial charge in [0.05, 0.1) is 0 Å². The molecule has 2 heteroatoms. The molecule has 15 heavy (non-hydrogen) atoms. The second-order valence-electron chi connectivity index (χ2n) is 4.48. The summed E-state index contributed by atoms with van der Waals surface area (Å²) in [7, 11) is 0. The van der Waals surface area contributed by atoms with Crippen LogP contribution in [0, 0.1) is 0 Å². The van der Waals surface area contributed by atoms with Crippen LogP contribution in [0.3, 0.4) is 0 Å². The first-order valence-electron chi connectivity index (χ1n) is 6.13. The van der Waals surface area contributed by atoms with Gasteiger partial charge in [-0.25, -0.2) is 0 Å². The largest absolute Gasteiger partial charge is 0.367 e. The van der Waals surface area contributed by atoms with Crippen LogP contribution < -0.4 is 0 Å². The van der Waals surface area contributed by atoms with E-state index in [1.54, 1.807) is 0 Å². The lowest BCUT2D eigenvalue weighted by atomic mass is 10.0. The molecule has 0 N–H and O–H groups in total. The van der Waals surface area contributed by atoms with Gasteiger partial charge in [-0.05, 0) is 32.8 Å². The maximum atomic E-state index is 2.60. The van der Waals surface area contributed by atoms with Crippen molar-refractivity contribution in [2.45, 2.75) is 32.7 Å². The standard InChI is InChI=1S/C13H22N2/c1-3-5-12(4-2)15-11-10-14-8-6-13(15)7-9-14/h3-5,13H,6-11H2,1-2H3. The van der Waals surface area contributed by atoms with Crippen molar-refractivity contribution in [2.75, 3.05) is 26.2 Å². The fraction of sp³-hybridized carbons (Fsp3) is 0.692. The number of hydrogen-bond donors (Lipinski definition) is 0. The van der Waals surface area contributed by atoms with E-state index in [1.165, 1.54) is 44.7 Å². The predicted octanol–water partition coefficient (Wildman–Crippen LogP) is 2.25. The quantitative estimate of drug-likeness (QED) is 0.639. The van der Waals surface area contributed by atoms with Gasteiger partial charge in [0.1, 0.15) is 0 Å². The zero-order chi connectivity index (χ0) is 10.7. The maximum Gasteiger partial charge on any atom is 0.0322 e. The number of nitrogens with zero attached hydrogens (tertiary/aromatic N) is 2. The van der Waals surface area contributed by atoms with E-state index in [1.807, 2.05) is 0 Å². The predicted molar refractivity (Wildman–Crippen MR) is 64.7 cm³/mol. The van der Waals surface area contributed by atoms with E-state index in [0.717, 1.165) is 6.04 Å². The highest BCUT2D eigenvalue weighted by Gasteiger charge is 2.28. The van der Waals surface area contributed by atoms with Crippen molar-refractivity contribution in [1.29, 1.82) is 0 Å². The number of allylic oxidation sites excluding steroid dienone is 3. The van der Waals surface area contributed by atoms with Crippen LogP contribution >= 0.6 is 0 Å². The molecule has 2 nitrogen and oxygen atoms in total. The van der Waals surface area contributed by atoms with E-state index < -0.39 is 0 Å². The average molecular weight is 206 g/mol. The number of fused-ring (bicyclic) bond motifs is 4. The Morgan fingerprint density at radius 2 is 1.80 bits per heavy atom. The minimum atomic E-state index is 0.783. The van der Waals surface area contributed by atoms with E-state index in [0.29, 0.717) is 0 Å². The van der Waals surface area contributed by atoms with E-state index >= 15 is 0 Å². The second kappa shape index (κ2) is 4.84. The third-order valence-corrected chi connectivity index (χ3v) is 3.62. The van der Waals surface area contributed by atoms with Crippen molar-refractivity contribution in [2.24, 2.45) is 0 Å². The lowest BCUT2D eigenvalue weighted by molar-refractivity contribution is 0.216. The smallest absolute Gasteiger partial charge is 0.0322 e. The highest BCUT2D eigenvalue weighted by molar-refractivity contribution is 5.18. The van der Waals surface area contributed by atoms with Crippen molar-refractivity contribution in [3.05, 3.63) is 23.9 Å². The summed E-state index contributed by atoms with van der Waals surface area (Å²) in [5.74, 6) is 0. The molecule has 0 aromatic rings. The molecule has 0 aliphatic carbocycles. The Morgan fingerprint density at radius 1 is 1.07 bits per heavy atom. The van der Waals surface area contributed by atoms with Crippen molar-refractivity contribution in [1.82, 2.24) is 9.80 Å². The summed E-state index contributed by atoms with van der Waals surface area (Å²) in [5, 5.41) is 0. The topological polar surface area (TPSA) is 6.48 Å². The maximum absolute atomic E-state index is 2.60. The Bertz CT molecular complexity index is 260. The first-order chi connectivity index (χ1) is 7.35. The average Bonchev–Trinajstić information content (AvgIpc) is 2.59. The van der Waals surface area contributed by atoms with E-state index in [-0.39, 0.29) is 0 Å². The lowest BCUT2D eigenvalue weighted by Gasteiger charge is -2.33. The van der Waals surface area contributed by atoms with Crippen LogP contribution in [0.2, 0.25) is 0 Å². The summed E-state index contributed by atoms with van der Waals surface area (Å²) in [4.78, 5) is 5.20. The molecule has 0 aromatic carbocycles. The SMILES string of the molecule is CC=CC(=CC)N1CCN2CCC1CC2. The lowest BCUT2D eigenvalue weighted by Crippen LogP contribution is -2.37. The Morgan fingerprint density at radius 3 is 2.40 bits per heavy atom. The van der Waals surface area contributed by atoms with Crippen LogP contribution in [0.5, 0.6) is 0 Å². The van der Waals surface area contributed by atoms with Crippen LogP contribution in [-0.2, 0) is 0 Å². The molecule has 3 aliphatic rings. The molecule has 0 aromatic heterocycles. The van der Waals surface area contributed by atoms with E-state index in [9.17, 15) is 0 Å². The summed E-state index contributed by atoms with van der Waals surface area (Å²) in [6.07, 6.45) is 9.32. The normalized spacial score (nSPS) is 32.4. The number of rotatable bonds is 2. The molecule has 3 heterocycles. The van der Waals surface area contributed by atoms with Gasteiger partial charge in [-0.2, -0.15) is 0 Å².